The highest BCUT2D eigenvalue weighted by atomic mass is 19.4. The van der Waals surface area contributed by atoms with Crippen molar-refractivity contribution in [2.24, 2.45) is 10.3 Å². The summed E-state index contributed by atoms with van der Waals surface area (Å²) in [6.07, 6.45) is -4.72. The van der Waals surface area contributed by atoms with Gasteiger partial charge >= 0.3 is 6.18 Å². The van der Waals surface area contributed by atoms with Crippen LogP contribution in [0, 0.1) is 10.1 Å². The number of anilines is 1. The minimum atomic E-state index is -4.72. The molecule has 0 heterocycles. The zero-order valence-corrected chi connectivity index (χ0v) is 13.8. The number of amides is 1. The standard InChI is InChI=1S/C13H16F3N5O4/c1-8(22)20(19-18-17-4)10-7-9(21(23)24)5-6-11(10)25-12(2,3)13(14,15)16/h5-7H,1-4H3,(H,17,19). The van der Waals surface area contributed by atoms with Crippen LogP contribution in [0.2, 0.25) is 0 Å². The molecule has 0 atom stereocenters. The maximum atomic E-state index is 13.1. The summed E-state index contributed by atoms with van der Waals surface area (Å²) >= 11 is 0. The number of hydrogen-bond acceptors (Lipinski definition) is 6. The molecule has 1 amide bonds. The Kier molecular flexibility index (Phi) is 5.89. The van der Waals surface area contributed by atoms with E-state index in [9.17, 15) is 28.1 Å². The van der Waals surface area contributed by atoms with E-state index in [1.807, 2.05) is 0 Å². The molecule has 9 nitrogen and oxygen atoms in total. The van der Waals surface area contributed by atoms with Crippen molar-refractivity contribution in [3.63, 3.8) is 0 Å². The highest BCUT2D eigenvalue weighted by Gasteiger charge is 2.50. The molecule has 0 radical (unpaired) electrons. The van der Waals surface area contributed by atoms with Gasteiger partial charge in [-0.05, 0) is 19.9 Å². The van der Waals surface area contributed by atoms with Gasteiger partial charge in [0.1, 0.15) is 11.4 Å². The smallest absolute Gasteiger partial charge is 0.427 e. The SMILES string of the molecule is CN=NNN(C(C)=O)c1cc([N+](=O)[O-])ccc1OC(C)(C)C(F)(F)F. The molecule has 0 saturated carbocycles. The molecular weight excluding hydrogens is 347 g/mol. The van der Waals surface area contributed by atoms with Crippen molar-refractivity contribution in [3.05, 3.63) is 28.3 Å². The Morgan fingerprint density at radius 1 is 1.36 bits per heavy atom. The molecule has 1 rings (SSSR count). The predicted molar refractivity (Wildman–Crippen MR) is 80.9 cm³/mol. The second-order valence-electron chi connectivity index (χ2n) is 5.27. The minimum absolute atomic E-state index is 0.313. The Bertz CT molecular complexity index is 691. The first-order valence-electron chi connectivity index (χ1n) is 6.80. The number of benzene rings is 1. The largest absolute Gasteiger partial charge is 0.476 e. The van der Waals surface area contributed by atoms with Crippen LogP contribution >= 0.6 is 0 Å². The number of nitrogens with one attached hydrogen (secondary N) is 1. The van der Waals surface area contributed by atoms with Gasteiger partial charge in [-0.25, -0.2) is 5.01 Å². The maximum absolute atomic E-state index is 13.1. The molecule has 25 heavy (non-hydrogen) atoms. The van der Waals surface area contributed by atoms with Gasteiger partial charge in [-0.1, -0.05) is 5.22 Å². The highest BCUT2D eigenvalue weighted by Crippen LogP contribution is 2.39. The number of halogens is 3. The van der Waals surface area contributed by atoms with Crippen LogP contribution in [0.1, 0.15) is 20.8 Å². The van der Waals surface area contributed by atoms with Gasteiger partial charge in [0.25, 0.3) is 5.69 Å². The van der Waals surface area contributed by atoms with E-state index < -0.39 is 34.0 Å². The van der Waals surface area contributed by atoms with Gasteiger partial charge in [-0.15, -0.1) is 0 Å². The Labute approximate surface area is 140 Å². The molecule has 0 aliphatic rings. The van der Waals surface area contributed by atoms with E-state index in [0.29, 0.717) is 5.01 Å². The van der Waals surface area contributed by atoms with Crippen LogP contribution in [0.15, 0.2) is 28.5 Å². The summed E-state index contributed by atoms with van der Waals surface area (Å²) in [5.74, 6) is -1.11. The third-order valence-corrected chi connectivity index (χ3v) is 3.00. The molecule has 1 N–H and O–H groups in total. The van der Waals surface area contributed by atoms with E-state index in [1.54, 1.807) is 0 Å². The van der Waals surface area contributed by atoms with Crippen LogP contribution in [-0.2, 0) is 4.79 Å². The van der Waals surface area contributed by atoms with Crippen LogP contribution in [0.25, 0.3) is 0 Å². The number of alkyl halides is 3. The van der Waals surface area contributed by atoms with Gasteiger partial charge in [0.15, 0.2) is 5.60 Å². The number of carbonyl (C=O) groups excluding carboxylic acids is 1. The molecule has 0 spiro atoms. The molecule has 0 aliphatic heterocycles. The van der Waals surface area contributed by atoms with Gasteiger partial charge in [0, 0.05) is 19.1 Å². The Hall–Kier alpha value is -2.92. The van der Waals surface area contributed by atoms with Crippen molar-refractivity contribution in [1.82, 2.24) is 5.53 Å². The topological polar surface area (TPSA) is 109 Å². The number of nitro groups is 1. The van der Waals surface area contributed by atoms with Crippen LogP contribution < -0.4 is 15.3 Å². The van der Waals surface area contributed by atoms with E-state index in [2.05, 4.69) is 15.9 Å². The summed E-state index contributed by atoms with van der Waals surface area (Å²) < 4.78 is 44.2. The zero-order chi connectivity index (χ0) is 19.4. The van der Waals surface area contributed by atoms with Crippen LogP contribution in [-0.4, -0.2) is 29.7 Å². The zero-order valence-electron chi connectivity index (χ0n) is 13.8. The van der Waals surface area contributed by atoms with Gasteiger partial charge in [-0.2, -0.15) is 23.8 Å². The van der Waals surface area contributed by atoms with Crippen molar-refractivity contribution in [1.29, 1.82) is 0 Å². The molecule has 0 fully saturated rings. The van der Waals surface area contributed by atoms with E-state index in [-0.39, 0.29) is 5.69 Å². The third-order valence-electron chi connectivity index (χ3n) is 3.00. The van der Waals surface area contributed by atoms with Crippen LogP contribution in [0.4, 0.5) is 24.5 Å². The van der Waals surface area contributed by atoms with Crippen molar-refractivity contribution >= 4 is 17.3 Å². The van der Waals surface area contributed by atoms with Crippen molar-refractivity contribution in [2.75, 3.05) is 12.1 Å². The number of rotatable bonds is 6. The minimum Gasteiger partial charge on any atom is -0.476 e. The predicted octanol–water partition coefficient (Wildman–Crippen LogP) is 3.17. The first-order chi connectivity index (χ1) is 11.4. The van der Waals surface area contributed by atoms with Crippen molar-refractivity contribution in [2.45, 2.75) is 32.5 Å². The lowest BCUT2D eigenvalue weighted by Crippen LogP contribution is -2.45. The lowest BCUT2D eigenvalue weighted by Gasteiger charge is -2.31. The number of ether oxygens (including phenoxy) is 1. The lowest BCUT2D eigenvalue weighted by molar-refractivity contribution is -0.384. The molecule has 0 aromatic heterocycles. The number of non-ortho nitro benzene ring substituents is 1. The molecule has 138 valence electrons. The molecular formula is C13H16F3N5O4. The van der Waals surface area contributed by atoms with Crippen LogP contribution in [0.3, 0.4) is 0 Å². The summed E-state index contributed by atoms with van der Waals surface area (Å²) in [5.41, 5.74) is -1.19. The van der Waals surface area contributed by atoms with Crippen LogP contribution in [0.5, 0.6) is 5.75 Å². The average molecular weight is 363 g/mol. The number of nitrogens with zero attached hydrogens (tertiary/aromatic N) is 4. The molecule has 0 saturated heterocycles. The fraction of sp³-hybridized carbons (Fsp3) is 0.462. The summed E-state index contributed by atoms with van der Waals surface area (Å²) in [6, 6.07) is 2.83. The number of hydrogen-bond donors (Lipinski definition) is 1. The van der Waals surface area contributed by atoms with E-state index in [4.69, 9.17) is 4.74 Å². The van der Waals surface area contributed by atoms with Gasteiger partial charge in [-0.3, -0.25) is 14.9 Å². The Morgan fingerprint density at radius 2 is 1.96 bits per heavy atom. The first kappa shape index (κ1) is 20.1. The van der Waals surface area contributed by atoms with Crippen molar-refractivity contribution in [3.8, 4) is 5.75 Å². The van der Waals surface area contributed by atoms with Gasteiger partial charge in [0.2, 0.25) is 5.91 Å². The second kappa shape index (κ2) is 7.32. The molecule has 0 unspecified atom stereocenters. The lowest BCUT2D eigenvalue weighted by atomic mass is 10.1. The molecule has 0 bridgehead atoms. The van der Waals surface area contributed by atoms with Crippen molar-refractivity contribution < 1.29 is 27.6 Å². The van der Waals surface area contributed by atoms with E-state index in [1.165, 1.54) is 7.05 Å². The summed E-state index contributed by atoms with van der Waals surface area (Å²) in [5, 5.41) is 18.3. The van der Waals surface area contributed by atoms with Gasteiger partial charge in [0.05, 0.1) is 12.0 Å². The quantitative estimate of drug-likeness (QED) is 0.474. The highest BCUT2D eigenvalue weighted by molar-refractivity contribution is 5.92. The fourth-order valence-corrected chi connectivity index (χ4v) is 1.60. The summed E-state index contributed by atoms with van der Waals surface area (Å²) in [4.78, 5) is 21.9. The van der Waals surface area contributed by atoms with E-state index >= 15 is 0 Å². The maximum Gasteiger partial charge on any atom is 0.427 e. The molecule has 12 heteroatoms. The average Bonchev–Trinajstić information content (AvgIpc) is 2.46. The number of hydrazine groups is 1. The van der Waals surface area contributed by atoms with E-state index in [0.717, 1.165) is 39.0 Å². The second-order valence-corrected chi connectivity index (χ2v) is 5.27. The molecule has 1 aromatic rings. The molecule has 0 aliphatic carbocycles. The fourth-order valence-electron chi connectivity index (χ4n) is 1.60. The molecule has 1 aromatic carbocycles. The third kappa shape index (κ3) is 4.78. The number of nitro benzene ring substituents is 1. The van der Waals surface area contributed by atoms with Gasteiger partial charge < -0.3 is 4.74 Å². The Balaban J connectivity index is 3.47. The normalized spacial score (nSPS) is 12.1. The first-order valence-corrected chi connectivity index (χ1v) is 6.80. The summed E-state index contributed by atoms with van der Waals surface area (Å²) in [7, 11) is 1.28. The number of carbonyl (C=O) groups is 1. The Morgan fingerprint density at radius 3 is 2.40 bits per heavy atom. The monoisotopic (exact) mass is 363 g/mol. The summed E-state index contributed by atoms with van der Waals surface area (Å²) in [6.45, 7) is 2.65.